The maximum absolute atomic E-state index is 3.31. The third kappa shape index (κ3) is 3.48. The predicted molar refractivity (Wildman–Crippen MR) is 86.2 cm³/mol. The first-order valence-electron chi connectivity index (χ1n) is 7.04. The van der Waals surface area contributed by atoms with E-state index in [1.165, 1.54) is 22.2 Å². The van der Waals surface area contributed by atoms with Crippen molar-refractivity contribution in [3.05, 3.63) is 65.2 Å². The molecule has 0 heterocycles. The van der Waals surface area contributed by atoms with Gasteiger partial charge < -0.3 is 5.32 Å². The van der Waals surface area contributed by atoms with Crippen molar-refractivity contribution >= 4 is 13.3 Å². The van der Waals surface area contributed by atoms with Crippen LogP contribution in [0.4, 0.5) is 0 Å². The predicted octanol–water partition coefficient (Wildman–Crippen LogP) is 1.86. The molecule has 0 aromatic heterocycles. The van der Waals surface area contributed by atoms with Gasteiger partial charge in [-0.05, 0) is 30.2 Å². The van der Waals surface area contributed by atoms with Crippen LogP contribution in [0.25, 0.3) is 0 Å². The lowest BCUT2D eigenvalue weighted by molar-refractivity contribution is 0.708. The van der Waals surface area contributed by atoms with E-state index in [1.54, 1.807) is 0 Å². The standard InChI is InChI=1S/C17H22BN/c1-3-13-4-6-14(7-5-13)17(12-19-2)15-8-10-16(18)11-9-15/h4-11,17,19H,3,12,18H2,1-2H3. The van der Waals surface area contributed by atoms with Gasteiger partial charge in [-0.3, -0.25) is 0 Å². The van der Waals surface area contributed by atoms with Crippen molar-refractivity contribution in [2.75, 3.05) is 13.6 Å². The topological polar surface area (TPSA) is 12.0 Å². The molecule has 0 radical (unpaired) electrons. The second kappa shape index (κ2) is 6.58. The van der Waals surface area contributed by atoms with Crippen LogP contribution in [0, 0.1) is 0 Å². The van der Waals surface area contributed by atoms with Crippen molar-refractivity contribution < 1.29 is 0 Å². The first-order valence-corrected chi connectivity index (χ1v) is 7.04. The van der Waals surface area contributed by atoms with E-state index < -0.39 is 0 Å². The Labute approximate surface area is 117 Å². The number of rotatable bonds is 5. The van der Waals surface area contributed by atoms with Gasteiger partial charge in [0, 0.05) is 12.5 Å². The van der Waals surface area contributed by atoms with Gasteiger partial charge in [0.1, 0.15) is 7.85 Å². The van der Waals surface area contributed by atoms with Crippen molar-refractivity contribution in [3.63, 3.8) is 0 Å². The minimum absolute atomic E-state index is 0.427. The van der Waals surface area contributed by atoms with Crippen molar-refractivity contribution in [1.82, 2.24) is 5.32 Å². The molecule has 0 bridgehead atoms. The van der Waals surface area contributed by atoms with Crippen LogP contribution in [0.3, 0.4) is 0 Å². The Morgan fingerprint density at radius 3 is 1.95 bits per heavy atom. The summed E-state index contributed by atoms with van der Waals surface area (Å²) in [5.74, 6) is 0.427. The molecule has 0 saturated heterocycles. The van der Waals surface area contributed by atoms with E-state index in [1.807, 2.05) is 7.05 Å². The second-order valence-electron chi connectivity index (χ2n) is 5.12. The number of likely N-dealkylation sites (N-methyl/N-ethyl adjacent to an activating group) is 1. The molecule has 0 aliphatic heterocycles. The molecule has 2 aromatic carbocycles. The quantitative estimate of drug-likeness (QED) is 0.800. The Kier molecular flexibility index (Phi) is 4.81. The summed E-state index contributed by atoms with van der Waals surface area (Å²) in [7, 11) is 4.15. The maximum atomic E-state index is 3.31. The van der Waals surface area contributed by atoms with Crippen LogP contribution in [0.5, 0.6) is 0 Å². The fraction of sp³-hybridized carbons (Fsp3) is 0.294. The summed E-state index contributed by atoms with van der Waals surface area (Å²) in [5.41, 5.74) is 5.48. The molecule has 1 N–H and O–H groups in total. The Balaban J connectivity index is 2.30. The lowest BCUT2D eigenvalue weighted by Crippen LogP contribution is -2.18. The molecule has 1 nitrogen and oxygen atoms in total. The van der Waals surface area contributed by atoms with Crippen LogP contribution >= 0.6 is 0 Å². The van der Waals surface area contributed by atoms with Gasteiger partial charge in [0.2, 0.25) is 0 Å². The number of hydrogen-bond acceptors (Lipinski definition) is 1. The summed E-state index contributed by atoms with van der Waals surface area (Å²) in [5, 5.41) is 3.31. The molecule has 0 amide bonds. The van der Waals surface area contributed by atoms with E-state index in [4.69, 9.17) is 0 Å². The molecule has 19 heavy (non-hydrogen) atoms. The summed E-state index contributed by atoms with van der Waals surface area (Å²) in [6.07, 6.45) is 1.10. The number of hydrogen-bond donors (Lipinski definition) is 1. The van der Waals surface area contributed by atoms with Gasteiger partial charge >= 0.3 is 0 Å². The van der Waals surface area contributed by atoms with Gasteiger partial charge in [-0.15, -0.1) is 0 Å². The van der Waals surface area contributed by atoms with Gasteiger partial charge in [-0.25, -0.2) is 0 Å². The van der Waals surface area contributed by atoms with E-state index in [0.717, 1.165) is 13.0 Å². The zero-order valence-electron chi connectivity index (χ0n) is 12.1. The van der Waals surface area contributed by atoms with Crippen LogP contribution in [-0.2, 0) is 6.42 Å². The molecule has 1 unspecified atom stereocenters. The molecule has 2 rings (SSSR count). The van der Waals surface area contributed by atoms with Gasteiger partial charge in [0.25, 0.3) is 0 Å². The van der Waals surface area contributed by atoms with Gasteiger partial charge in [0.05, 0.1) is 0 Å². The smallest absolute Gasteiger partial charge is 0.139 e. The van der Waals surface area contributed by atoms with E-state index >= 15 is 0 Å². The van der Waals surface area contributed by atoms with E-state index in [2.05, 4.69) is 68.6 Å². The van der Waals surface area contributed by atoms with Crippen molar-refractivity contribution in [2.24, 2.45) is 0 Å². The van der Waals surface area contributed by atoms with Crippen molar-refractivity contribution in [2.45, 2.75) is 19.3 Å². The van der Waals surface area contributed by atoms with Crippen LogP contribution < -0.4 is 10.8 Å². The Morgan fingerprint density at radius 1 is 0.947 bits per heavy atom. The zero-order valence-corrected chi connectivity index (χ0v) is 12.1. The second-order valence-corrected chi connectivity index (χ2v) is 5.12. The molecular formula is C17H22BN. The van der Waals surface area contributed by atoms with E-state index in [-0.39, 0.29) is 0 Å². The van der Waals surface area contributed by atoms with Crippen LogP contribution in [0.2, 0.25) is 0 Å². The number of benzene rings is 2. The van der Waals surface area contributed by atoms with Crippen LogP contribution in [0.1, 0.15) is 29.5 Å². The lowest BCUT2D eigenvalue weighted by atomic mass is 9.87. The van der Waals surface area contributed by atoms with Gasteiger partial charge in [0.15, 0.2) is 0 Å². The number of nitrogens with one attached hydrogen (secondary N) is 1. The Hall–Kier alpha value is -1.54. The van der Waals surface area contributed by atoms with Gasteiger partial charge in [-0.2, -0.15) is 0 Å². The van der Waals surface area contributed by atoms with Crippen molar-refractivity contribution in [1.29, 1.82) is 0 Å². The van der Waals surface area contributed by atoms with E-state index in [0.29, 0.717) is 5.92 Å². The van der Waals surface area contributed by atoms with Crippen LogP contribution in [-0.4, -0.2) is 21.4 Å². The fourth-order valence-corrected chi connectivity index (χ4v) is 2.42. The highest BCUT2D eigenvalue weighted by atomic mass is 14.8. The normalized spacial score (nSPS) is 12.3. The average Bonchev–Trinajstić information content (AvgIpc) is 2.46. The molecule has 0 fully saturated rings. The molecular weight excluding hydrogens is 229 g/mol. The maximum Gasteiger partial charge on any atom is 0.139 e. The minimum atomic E-state index is 0.427. The highest BCUT2D eigenvalue weighted by Crippen LogP contribution is 2.24. The minimum Gasteiger partial charge on any atom is -0.319 e. The first kappa shape index (κ1) is 13.9. The largest absolute Gasteiger partial charge is 0.319 e. The van der Waals surface area contributed by atoms with Gasteiger partial charge in [-0.1, -0.05) is 60.9 Å². The molecule has 2 heteroatoms. The van der Waals surface area contributed by atoms with Crippen LogP contribution in [0.15, 0.2) is 48.5 Å². The highest BCUT2D eigenvalue weighted by Gasteiger charge is 2.12. The third-order valence-electron chi connectivity index (χ3n) is 3.68. The average molecular weight is 251 g/mol. The molecule has 2 aromatic rings. The molecule has 0 aliphatic rings. The summed E-state index contributed by atoms with van der Waals surface area (Å²) in [4.78, 5) is 0. The molecule has 98 valence electrons. The molecule has 0 aliphatic carbocycles. The molecule has 1 atom stereocenters. The third-order valence-corrected chi connectivity index (χ3v) is 3.68. The lowest BCUT2D eigenvalue weighted by Gasteiger charge is -2.18. The molecule has 0 spiro atoms. The molecule has 0 saturated carbocycles. The summed E-state index contributed by atoms with van der Waals surface area (Å²) >= 11 is 0. The summed E-state index contributed by atoms with van der Waals surface area (Å²) in [6.45, 7) is 3.16. The summed E-state index contributed by atoms with van der Waals surface area (Å²) in [6, 6.07) is 17.9. The number of aryl methyl sites for hydroxylation is 1. The Bertz CT molecular complexity index is 502. The van der Waals surface area contributed by atoms with Crippen molar-refractivity contribution in [3.8, 4) is 0 Å². The zero-order chi connectivity index (χ0) is 13.7. The fourth-order valence-electron chi connectivity index (χ4n) is 2.42. The SMILES string of the molecule is Bc1ccc(C(CNC)c2ccc(CC)cc2)cc1. The first-order chi connectivity index (χ1) is 9.24. The summed E-state index contributed by atoms with van der Waals surface area (Å²) < 4.78 is 0. The monoisotopic (exact) mass is 251 g/mol. The van der Waals surface area contributed by atoms with E-state index in [9.17, 15) is 0 Å². The highest BCUT2D eigenvalue weighted by molar-refractivity contribution is 6.32. The Morgan fingerprint density at radius 2 is 1.47 bits per heavy atom.